The van der Waals surface area contributed by atoms with E-state index in [-0.39, 0.29) is 12.1 Å². The molecule has 3 atom stereocenters. The van der Waals surface area contributed by atoms with Gasteiger partial charge in [-0.25, -0.2) is 9.18 Å². The lowest BCUT2D eigenvalue weighted by atomic mass is 10.0. The fourth-order valence-corrected chi connectivity index (χ4v) is 3.07. The van der Waals surface area contributed by atoms with E-state index in [2.05, 4.69) is 20.1 Å². The number of benzene rings is 1. The van der Waals surface area contributed by atoms with Gasteiger partial charge in [-0.3, -0.25) is 14.5 Å². The summed E-state index contributed by atoms with van der Waals surface area (Å²) in [7, 11) is 1.02. The molecule has 0 saturated carbocycles. The molecular formula is C20H26F3N3O7. The molecule has 1 fully saturated rings. The van der Waals surface area contributed by atoms with Crippen molar-refractivity contribution in [3.8, 4) is 5.75 Å². The number of nitrogens with one attached hydrogen (secondary N) is 2. The van der Waals surface area contributed by atoms with Gasteiger partial charge in [0.05, 0.1) is 26.9 Å². The second kappa shape index (κ2) is 12.4. The molecule has 33 heavy (non-hydrogen) atoms. The van der Waals surface area contributed by atoms with Crippen molar-refractivity contribution < 1.29 is 46.9 Å². The van der Waals surface area contributed by atoms with Gasteiger partial charge in [-0.1, -0.05) is 6.07 Å². The Morgan fingerprint density at radius 1 is 1.21 bits per heavy atom. The molecule has 0 spiro atoms. The lowest BCUT2D eigenvalue weighted by molar-refractivity contribution is -0.148. The summed E-state index contributed by atoms with van der Waals surface area (Å²) in [5.74, 6) is -4.23. The monoisotopic (exact) mass is 477 g/mol. The lowest BCUT2D eigenvalue weighted by Crippen LogP contribution is -2.54. The quantitative estimate of drug-likeness (QED) is 0.401. The Hall–Kier alpha value is -2.90. The highest BCUT2D eigenvalue weighted by Crippen LogP contribution is 2.25. The molecule has 1 aliphatic heterocycles. The highest BCUT2D eigenvalue weighted by atomic mass is 19.3. The Morgan fingerprint density at radius 2 is 1.88 bits per heavy atom. The van der Waals surface area contributed by atoms with Crippen LogP contribution in [-0.2, 0) is 23.9 Å². The van der Waals surface area contributed by atoms with E-state index < -0.39 is 54.1 Å². The molecule has 10 nitrogen and oxygen atoms in total. The maximum atomic E-state index is 14.0. The van der Waals surface area contributed by atoms with Crippen LogP contribution in [-0.4, -0.2) is 86.4 Å². The SMILES string of the molecule is COC(=O)[C@@H](NC(=O)[C@H](C)NC(=O)CN1CCOCC1)[C@H](O)c1ccc(OC(F)F)c(F)c1. The summed E-state index contributed by atoms with van der Waals surface area (Å²) in [6.45, 7) is 0.317. The number of rotatable bonds is 10. The summed E-state index contributed by atoms with van der Waals surface area (Å²) in [5.41, 5.74) is -0.200. The predicted molar refractivity (Wildman–Crippen MR) is 107 cm³/mol. The van der Waals surface area contributed by atoms with Crippen molar-refractivity contribution in [2.45, 2.75) is 31.7 Å². The van der Waals surface area contributed by atoms with E-state index in [0.29, 0.717) is 32.4 Å². The van der Waals surface area contributed by atoms with Crippen molar-refractivity contribution in [1.29, 1.82) is 0 Å². The van der Waals surface area contributed by atoms with Crippen LogP contribution in [0, 0.1) is 5.82 Å². The number of methoxy groups -OCH3 is 1. The van der Waals surface area contributed by atoms with Gasteiger partial charge >= 0.3 is 12.6 Å². The maximum Gasteiger partial charge on any atom is 0.387 e. The molecule has 3 N–H and O–H groups in total. The average Bonchev–Trinajstić information content (AvgIpc) is 2.77. The first-order valence-electron chi connectivity index (χ1n) is 10.0. The van der Waals surface area contributed by atoms with Crippen molar-refractivity contribution in [3.63, 3.8) is 0 Å². The molecule has 0 bridgehead atoms. The van der Waals surface area contributed by atoms with Crippen molar-refractivity contribution in [2.75, 3.05) is 40.0 Å². The van der Waals surface area contributed by atoms with Gasteiger partial charge in [0.15, 0.2) is 17.6 Å². The number of halogens is 3. The van der Waals surface area contributed by atoms with Gasteiger partial charge in [-0.2, -0.15) is 8.78 Å². The number of hydrogen-bond donors (Lipinski definition) is 3. The molecule has 1 aliphatic rings. The summed E-state index contributed by atoms with van der Waals surface area (Å²) in [4.78, 5) is 38.7. The number of alkyl halides is 2. The molecular weight excluding hydrogens is 451 g/mol. The van der Waals surface area contributed by atoms with Crippen LogP contribution in [0.5, 0.6) is 5.75 Å². The minimum Gasteiger partial charge on any atom is -0.467 e. The van der Waals surface area contributed by atoms with Crippen molar-refractivity contribution in [3.05, 3.63) is 29.6 Å². The topological polar surface area (TPSA) is 126 Å². The fourth-order valence-electron chi connectivity index (χ4n) is 3.07. The third kappa shape index (κ3) is 7.87. The van der Waals surface area contributed by atoms with Crippen molar-refractivity contribution >= 4 is 17.8 Å². The van der Waals surface area contributed by atoms with Gasteiger partial charge in [-0.15, -0.1) is 0 Å². The van der Waals surface area contributed by atoms with E-state index in [0.717, 1.165) is 19.2 Å². The van der Waals surface area contributed by atoms with Gasteiger partial charge in [0.1, 0.15) is 12.1 Å². The number of hydrogen-bond acceptors (Lipinski definition) is 8. The number of morpholine rings is 1. The minimum atomic E-state index is -3.25. The van der Waals surface area contributed by atoms with E-state index in [1.165, 1.54) is 6.92 Å². The van der Waals surface area contributed by atoms with Crippen LogP contribution in [0.3, 0.4) is 0 Å². The second-order valence-electron chi connectivity index (χ2n) is 7.20. The Labute approximate surface area is 188 Å². The number of aliphatic hydroxyl groups excluding tert-OH is 1. The zero-order valence-electron chi connectivity index (χ0n) is 18.1. The summed E-state index contributed by atoms with van der Waals surface area (Å²) in [6, 6.07) is -0.136. The van der Waals surface area contributed by atoms with Crippen LogP contribution < -0.4 is 15.4 Å². The third-order valence-corrected chi connectivity index (χ3v) is 4.82. The molecule has 13 heteroatoms. The lowest BCUT2D eigenvalue weighted by Gasteiger charge is -2.27. The molecule has 1 aromatic rings. The molecule has 0 radical (unpaired) electrons. The van der Waals surface area contributed by atoms with Crippen LogP contribution in [0.4, 0.5) is 13.2 Å². The van der Waals surface area contributed by atoms with Gasteiger partial charge in [-0.05, 0) is 24.6 Å². The molecule has 2 rings (SSSR count). The summed E-state index contributed by atoms with van der Waals surface area (Å²) < 4.78 is 52.4. The van der Waals surface area contributed by atoms with Crippen molar-refractivity contribution in [2.24, 2.45) is 0 Å². The number of esters is 1. The number of amides is 2. The minimum absolute atomic E-state index is 0.0519. The van der Waals surface area contributed by atoms with Crippen LogP contribution in [0.15, 0.2) is 18.2 Å². The molecule has 0 aliphatic carbocycles. The maximum absolute atomic E-state index is 14.0. The second-order valence-corrected chi connectivity index (χ2v) is 7.20. The highest BCUT2D eigenvalue weighted by molar-refractivity contribution is 5.91. The molecule has 2 amide bonds. The normalized spacial score (nSPS) is 17.1. The van der Waals surface area contributed by atoms with Crippen LogP contribution in [0.1, 0.15) is 18.6 Å². The smallest absolute Gasteiger partial charge is 0.387 e. The average molecular weight is 477 g/mol. The molecule has 0 aromatic heterocycles. The number of nitrogens with zero attached hydrogens (tertiary/aromatic N) is 1. The predicted octanol–water partition coefficient (Wildman–Crippen LogP) is -0.0448. The first-order chi connectivity index (χ1) is 15.6. The van der Waals surface area contributed by atoms with Gasteiger partial charge in [0.2, 0.25) is 11.8 Å². The van der Waals surface area contributed by atoms with Crippen LogP contribution in [0.25, 0.3) is 0 Å². The van der Waals surface area contributed by atoms with Gasteiger partial charge in [0.25, 0.3) is 0 Å². The summed E-state index contributed by atoms with van der Waals surface area (Å²) in [6.07, 6.45) is -1.78. The van der Waals surface area contributed by atoms with E-state index in [1.54, 1.807) is 0 Å². The number of ether oxygens (including phenoxy) is 3. The van der Waals surface area contributed by atoms with Crippen LogP contribution >= 0.6 is 0 Å². The van der Waals surface area contributed by atoms with Gasteiger partial charge in [0, 0.05) is 13.1 Å². The van der Waals surface area contributed by atoms with Crippen molar-refractivity contribution in [1.82, 2.24) is 15.5 Å². The molecule has 1 saturated heterocycles. The molecule has 1 aromatic carbocycles. The number of aliphatic hydroxyl groups is 1. The summed E-state index contributed by atoms with van der Waals surface area (Å²) >= 11 is 0. The first-order valence-corrected chi connectivity index (χ1v) is 10.0. The third-order valence-electron chi connectivity index (χ3n) is 4.82. The Kier molecular flexibility index (Phi) is 9.88. The first kappa shape index (κ1) is 26.4. The van der Waals surface area contributed by atoms with E-state index in [9.17, 15) is 32.7 Å². The fraction of sp³-hybridized carbons (Fsp3) is 0.550. The molecule has 184 valence electrons. The van der Waals surface area contributed by atoms with E-state index >= 15 is 0 Å². The summed E-state index contributed by atoms with van der Waals surface area (Å²) in [5, 5.41) is 15.3. The number of carbonyl (C=O) groups excluding carboxylic acids is 3. The van der Waals surface area contributed by atoms with Crippen LogP contribution in [0.2, 0.25) is 0 Å². The Bertz CT molecular complexity index is 837. The standard InChI is InChI=1S/C20H26F3N3O7/c1-11(24-15(27)10-26-5-7-32-8-6-26)18(29)25-16(19(30)31-2)17(28)12-3-4-14(13(21)9-12)33-20(22)23/h3-4,9,11,16-17,20,28H,5-8,10H2,1-2H3,(H,24,27)(H,25,29)/t11-,16-,17+/m0/s1. The Morgan fingerprint density at radius 3 is 2.45 bits per heavy atom. The van der Waals surface area contributed by atoms with Gasteiger partial charge < -0.3 is 30.0 Å². The zero-order valence-corrected chi connectivity index (χ0v) is 18.1. The highest BCUT2D eigenvalue weighted by Gasteiger charge is 2.33. The molecule has 0 unspecified atom stereocenters. The number of carbonyl (C=O) groups is 3. The van der Waals surface area contributed by atoms with E-state index in [1.807, 2.05) is 4.90 Å². The van der Waals surface area contributed by atoms with E-state index in [4.69, 9.17) is 4.74 Å². The zero-order chi connectivity index (χ0) is 24.5. The molecule has 1 heterocycles. The Balaban J connectivity index is 2.03. The largest absolute Gasteiger partial charge is 0.467 e.